The smallest absolute Gasteiger partial charge is 0.326 e. The van der Waals surface area contributed by atoms with Gasteiger partial charge in [0, 0.05) is 12.1 Å². The summed E-state index contributed by atoms with van der Waals surface area (Å²) in [6.45, 7) is 2.23. The summed E-state index contributed by atoms with van der Waals surface area (Å²) < 4.78 is 5.82. The van der Waals surface area contributed by atoms with Crippen LogP contribution in [-0.4, -0.2) is 47.6 Å². The van der Waals surface area contributed by atoms with Gasteiger partial charge in [-0.25, -0.2) is 4.79 Å². The average molecular weight is 380 g/mol. The summed E-state index contributed by atoms with van der Waals surface area (Å²) >= 11 is 0. The minimum Gasteiger partial charge on any atom is -0.480 e. The molecule has 4 rings (SSSR count). The summed E-state index contributed by atoms with van der Waals surface area (Å²) in [5.41, 5.74) is 0.355. The summed E-state index contributed by atoms with van der Waals surface area (Å²) in [6.07, 6.45) is 2.32. The van der Waals surface area contributed by atoms with Crippen molar-refractivity contribution in [3.05, 3.63) is 60.2 Å². The Bertz CT molecular complexity index is 862. The number of piperidine rings is 1. The normalized spacial score (nSPS) is 20.9. The number of hydrogen-bond acceptors (Lipinski definition) is 4. The molecule has 1 amide bonds. The Morgan fingerprint density at radius 1 is 1.04 bits per heavy atom. The van der Waals surface area contributed by atoms with Crippen molar-refractivity contribution in [3.63, 3.8) is 0 Å². The van der Waals surface area contributed by atoms with Crippen molar-refractivity contribution in [1.29, 1.82) is 0 Å². The average Bonchev–Trinajstić information content (AvgIpc) is 3.08. The molecule has 2 aromatic rings. The SMILES string of the molecule is O=C(O)C1CC2(CCNCC2)CN1C(=O)c1cccc(Oc2ccccc2)c1. The second-order valence-electron chi connectivity index (χ2n) is 7.68. The Morgan fingerprint density at radius 3 is 2.46 bits per heavy atom. The third-order valence-corrected chi connectivity index (χ3v) is 5.78. The number of hydrogen-bond donors (Lipinski definition) is 2. The first-order valence-electron chi connectivity index (χ1n) is 9.64. The fourth-order valence-electron chi connectivity index (χ4n) is 4.29. The van der Waals surface area contributed by atoms with Crippen LogP contribution in [-0.2, 0) is 4.79 Å². The van der Waals surface area contributed by atoms with Gasteiger partial charge in [0.05, 0.1) is 0 Å². The number of benzene rings is 2. The lowest BCUT2D eigenvalue weighted by Gasteiger charge is -2.33. The third-order valence-electron chi connectivity index (χ3n) is 5.78. The zero-order chi connectivity index (χ0) is 19.6. The van der Waals surface area contributed by atoms with Crippen molar-refractivity contribution in [3.8, 4) is 11.5 Å². The molecule has 2 saturated heterocycles. The van der Waals surface area contributed by atoms with Crippen LogP contribution in [0.3, 0.4) is 0 Å². The molecule has 2 N–H and O–H groups in total. The van der Waals surface area contributed by atoms with E-state index in [0.29, 0.717) is 30.0 Å². The Morgan fingerprint density at radius 2 is 1.75 bits per heavy atom. The number of para-hydroxylation sites is 1. The van der Waals surface area contributed by atoms with Gasteiger partial charge >= 0.3 is 5.97 Å². The van der Waals surface area contributed by atoms with E-state index in [1.54, 1.807) is 24.3 Å². The molecule has 2 aliphatic rings. The maximum atomic E-state index is 13.2. The predicted molar refractivity (Wildman–Crippen MR) is 105 cm³/mol. The van der Waals surface area contributed by atoms with Crippen LogP contribution in [0.4, 0.5) is 0 Å². The molecule has 2 aromatic carbocycles. The molecule has 1 atom stereocenters. The molecule has 0 bridgehead atoms. The summed E-state index contributed by atoms with van der Waals surface area (Å²) in [6, 6.07) is 15.5. The fraction of sp³-hybridized carbons (Fsp3) is 0.364. The molecule has 146 valence electrons. The highest BCUT2D eigenvalue weighted by molar-refractivity contribution is 5.97. The van der Waals surface area contributed by atoms with Gasteiger partial charge in [-0.05, 0) is 68.1 Å². The van der Waals surface area contributed by atoms with E-state index in [9.17, 15) is 14.7 Å². The number of carbonyl (C=O) groups is 2. The van der Waals surface area contributed by atoms with Crippen molar-refractivity contribution in [2.24, 2.45) is 5.41 Å². The maximum absolute atomic E-state index is 13.2. The standard InChI is InChI=1S/C22H24N2O4/c25-20(16-5-4-8-18(13-16)28-17-6-2-1-3-7-17)24-15-22(9-11-23-12-10-22)14-19(24)21(26)27/h1-8,13,19,23H,9-12,14-15H2,(H,26,27). The number of rotatable bonds is 4. The number of carboxylic acid groups (broad SMARTS) is 1. The highest BCUT2D eigenvalue weighted by Crippen LogP contribution is 2.42. The number of carbonyl (C=O) groups excluding carboxylic acids is 1. The Balaban J connectivity index is 1.56. The van der Waals surface area contributed by atoms with E-state index < -0.39 is 12.0 Å². The van der Waals surface area contributed by atoms with E-state index in [2.05, 4.69) is 5.32 Å². The van der Waals surface area contributed by atoms with Crippen molar-refractivity contribution in [1.82, 2.24) is 10.2 Å². The van der Waals surface area contributed by atoms with Gasteiger partial charge in [0.15, 0.2) is 0 Å². The van der Waals surface area contributed by atoms with Crippen LogP contribution in [0.15, 0.2) is 54.6 Å². The van der Waals surface area contributed by atoms with Gasteiger partial charge in [-0.3, -0.25) is 4.79 Å². The molecule has 2 heterocycles. The van der Waals surface area contributed by atoms with Crippen LogP contribution in [0.1, 0.15) is 29.6 Å². The topological polar surface area (TPSA) is 78.9 Å². The number of amides is 1. The molecule has 0 aromatic heterocycles. The van der Waals surface area contributed by atoms with Crippen LogP contribution in [0.2, 0.25) is 0 Å². The zero-order valence-corrected chi connectivity index (χ0v) is 15.6. The molecule has 2 aliphatic heterocycles. The van der Waals surface area contributed by atoms with Gasteiger partial charge in [0.1, 0.15) is 17.5 Å². The van der Waals surface area contributed by atoms with Gasteiger partial charge in [-0.2, -0.15) is 0 Å². The monoisotopic (exact) mass is 380 g/mol. The second-order valence-corrected chi connectivity index (χ2v) is 7.68. The maximum Gasteiger partial charge on any atom is 0.326 e. The van der Waals surface area contributed by atoms with Gasteiger partial charge in [0.2, 0.25) is 0 Å². The van der Waals surface area contributed by atoms with Gasteiger partial charge in [-0.15, -0.1) is 0 Å². The first-order valence-corrected chi connectivity index (χ1v) is 9.64. The van der Waals surface area contributed by atoms with Crippen LogP contribution in [0.25, 0.3) is 0 Å². The van der Waals surface area contributed by atoms with Crippen LogP contribution in [0.5, 0.6) is 11.5 Å². The quantitative estimate of drug-likeness (QED) is 0.852. The number of aliphatic carboxylic acids is 1. The molecule has 28 heavy (non-hydrogen) atoms. The lowest BCUT2D eigenvalue weighted by molar-refractivity contribution is -0.141. The summed E-state index contributed by atoms with van der Waals surface area (Å²) in [5, 5.41) is 13.0. The summed E-state index contributed by atoms with van der Waals surface area (Å²) in [5.74, 6) is 0.0619. The van der Waals surface area contributed by atoms with Crippen molar-refractivity contribution < 1.29 is 19.4 Å². The molecule has 2 fully saturated rings. The minimum atomic E-state index is -0.930. The highest BCUT2D eigenvalue weighted by atomic mass is 16.5. The van der Waals surface area contributed by atoms with E-state index in [1.807, 2.05) is 30.3 Å². The van der Waals surface area contributed by atoms with E-state index in [0.717, 1.165) is 25.9 Å². The molecule has 6 heteroatoms. The summed E-state index contributed by atoms with van der Waals surface area (Å²) in [7, 11) is 0. The molecule has 0 radical (unpaired) electrons. The largest absolute Gasteiger partial charge is 0.480 e. The van der Waals surface area contributed by atoms with E-state index in [1.165, 1.54) is 4.90 Å². The lowest BCUT2D eigenvalue weighted by atomic mass is 9.77. The fourth-order valence-corrected chi connectivity index (χ4v) is 4.29. The number of nitrogens with one attached hydrogen (secondary N) is 1. The van der Waals surface area contributed by atoms with Crippen molar-refractivity contribution in [2.45, 2.75) is 25.3 Å². The molecule has 1 unspecified atom stereocenters. The predicted octanol–water partition coefficient (Wildman–Crippen LogP) is 3.15. The van der Waals surface area contributed by atoms with Crippen molar-refractivity contribution >= 4 is 11.9 Å². The number of nitrogens with zero attached hydrogens (tertiary/aromatic N) is 1. The number of ether oxygens (including phenoxy) is 1. The van der Waals surface area contributed by atoms with Gasteiger partial charge in [-0.1, -0.05) is 24.3 Å². The molecule has 0 aliphatic carbocycles. The highest BCUT2D eigenvalue weighted by Gasteiger charge is 2.49. The molecule has 0 saturated carbocycles. The van der Waals surface area contributed by atoms with Crippen LogP contribution in [0, 0.1) is 5.41 Å². The first kappa shape index (κ1) is 18.5. The lowest BCUT2D eigenvalue weighted by Crippen LogP contribution is -2.41. The van der Waals surface area contributed by atoms with E-state index >= 15 is 0 Å². The molecule has 6 nitrogen and oxygen atoms in total. The van der Waals surface area contributed by atoms with Crippen LogP contribution >= 0.6 is 0 Å². The number of carboxylic acids is 1. The molecular weight excluding hydrogens is 356 g/mol. The van der Waals surface area contributed by atoms with Gasteiger partial charge < -0.3 is 20.1 Å². The Labute approximate surface area is 164 Å². The second kappa shape index (κ2) is 7.64. The Hall–Kier alpha value is -2.86. The van der Waals surface area contributed by atoms with Gasteiger partial charge in [0.25, 0.3) is 5.91 Å². The number of likely N-dealkylation sites (tertiary alicyclic amines) is 1. The summed E-state index contributed by atoms with van der Waals surface area (Å²) in [4.78, 5) is 26.6. The minimum absolute atomic E-state index is 0.0951. The molecule has 1 spiro atoms. The first-order chi connectivity index (χ1) is 13.6. The Kier molecular flexibility index (Phi) is 5.05. The van der Waals surface area contributed by atoms with Crippen LogP contribution < -0.4 is 10.1 Å². The van der Waals surface area contributed by atoms with E-state index in [-0.39, 0.29) is 11.3 Å². The third kappa shape index (κ3) is 3.73. The molecular formula is C22H24N2O4. The van der Waals surface area contributed by atoms with Crippen molar-refractivity contribution in [2.75, 3.05) is 19.6 Å². The zero-order valence-electron chi connectivity index (χ0n) is 15.6. The van der Waals surface area contributed by atoms with E-state index in [4.69, 9.17) is 4.74 Å².